The summed E-state index contributed by atoms with van der Waals surface area (Å²) in [4.78, 5) is 10.2. The molecule has 0 atom stereocenters. The molecule has 0 bridgehead atoms. The maximum absolute atomic E-state index is 6.13. The second-order valence-electron chi connectivity index (χ2n) is 17.8. The van der Waals surface area contributed by atoms with Crippen molar-refractivity contribution >= 4 is 65.6 Å². The van der Waals surface area contributed by atoms with Crippen molar-refractivity contribution in [3.05, 3.63) is 243 Å². The molecular weight excluding hydrogens is 841 g/mol. The Bertz CT molecular complexity index is 4220. The highest BCUT2D eigenvalue weighted by molar-refractivity contribution is 6.13. The number of para-hydroxylation sites is 3. The van der Waals surface area contributed by atoms with Gasteiger partial charge in [0.25, 0.3) is 0 Å². The van der Waals surface area contributed by atoms with Crippen LogP contribution in [0.1, 0.15) is 0 Å². The largest absolute Gasteiger partial charge is 0.456 e. The first-order valence-corrected chi connectivity index (χ1v) is 23.4. The highest BCUT2D eigenvalue weighted by Crippen LogP contribution is 2.40. The third-order valence-electron chi connectivity index (χ3n) is 13.8. The topological polar surface area (TPSA) is 48.8 Å². The Hall–Kier alpha value is -9.32. The highest BCUT2D eigenvalue weighted by atomic mass is 16.3. The Kier molecular flexibility index (Phi) is 8.83. The van der Waals surface area contributed by atoms with Crippen molar-refractivity contribution in [2.75, 3.05) is 0 Å². The molecule has 0 saturated heterocycles. The van der Waals surface area contributed by atoms with Crippen molar-refractivity contribution in [3.8, 4) is 67.5 Å². The van der Waals surface area contributed by atoms with E-state index < -0.39 is 0 Å². The zero-order valence-corrected chi connectivity index (χ0v) is 37.3. The van der Waals surface area contributed by atoms with Crippen LogP contribution in [-0.2, 0) is 0 Å². The van der Waals surface area contributed by atoms with Gasteiger partial charge in [-0.2, -0.15) is 0 Å². The average Bonchev–Trinajstić information content (AvgIpc) is 4.08. The summed E-state index contributed by atoms with van der Waals surface area (Å²) in [5.74, 6) is 0.694. The van der Waals surface area contributed by atoms with Crippen LogP contribution in [0, 0.1) is 0 Å². The molecule has 0 fully saturated rings. The number of aromatic nitrogens is 4. The third kappa shape index (κ3) is 6.47. The van der Waals surface area contributed by atoms with Gasteiger partial charge < -0.3 is 13.6 Å². The van der Waals surface area contributed by atoms with Gasteiger partial charge in [-0.25, -0.2) is 9.97 Å². The van der Waals surface area contributed by atoms with Gasteiger partial charge in [0.15, 0.2) is 5.82 Å². The first-order chi connectivity index (χ1) is 34.2. The molecular formula is C64H40N4O. The van der Waals surface area contributed by atoms with Crippen LogP contribution in [0.25, 0.3) is 133 Å². The minimum Gasteiger partial charge on any atom is -0.456 e. The summed E-state index contributed by atoms with van der Waals surface area (Å²) >= 11 is 0. The fourth-order valence-electron chi connectivity index (χ4n) is 10.4. The fraction of sp³-hybridized carbons (Fsp3) is 0. The lowest BCUT2D eigenvalue weighted by molar-refractivity contribution is 0.669. The van der Waals surface area contributed by atoms with Gasteiger partial charge >= 0.3 is 0 Å². The Morgan fingerprint density at radius 2 is 0.710 bits per heavy atom. The minimum atomic E-state index is 0.694. The molecule has 0 aliphatic rings. The zero-order valence-electron chi connectivity index (χ0n) is 37.3. The van der Waals surface area contributed by atoms with E-state index in [1.54, 1.807) is 0 Å². The smallest absolute Gasteiger partial charge is 0.160 e. The van der Waals surface area contributed by atoms with Crippen molar-refractivity contribution in [3.63, 3.8) is 0 Å². The quantitative estimate of drug-likeness (QED) is 0.160. The van der Waals surface area contributed by atoms with Crippen molar-refractivity contribution in [1.29, 1.82) is 0 Å². The lowest BCUT2D eigenvalue weighted by atomic mass is 10.0. The molecule has 10 aromatic carbocycles. The predicted molar refractivity (Wildman–Crippen MR) is 285 cm³/mol. The zero-order chi connectivity index (χ0) is 45.4. The normalized spacial score (nSPS) is 11.8. The second kappa shape index (κ2) is 15.7. The fourth-order valence-corrected chi connectivity index (χ4v) is 10.4. The summed E-state index contributed by atoms with van der Waals surface area (Å²) in [6, 6.07) is 86.4. The summed E-state index contributed by atoms with van der Waals surface area (Å²) in [6.07, 6.45) is 0. The van der Waals surface area contributed by atoms with Crippen molar-refractivity contribution < 1.29 is 4.42 Å². The van der Waals surface area contributed by atoms with Gasteiger partial charge in [0.1, 0.15) is 11.2 Å². The van der Waals surface area contributed by atoms with E-state index in [2.05, 4.69) is 203 Å². The first kappa shape index (κ1) is 38.9. The molecule has 5 nitrogen and oxygen atoms in total. The highest BCUT2D eigenvalue weighted by Gasteiger charge is 2.18. The van der Waals surface area contributed by atoms with E-state index in [0.29, 0.717) is 5.82 Å². The van der Waals surface area contributed by atoms with Crippen LogP contribution in [0.2, 0.25) is 0 Å². The van der Waals surface area contributed by atoms with E-state index in [4.69, 9.17) is 14.4 Å². The van der Waals surface area contributed by atoms with E-state index in [9.17, 15) is 0 Å². The van der Waals surface area contributed by atoms with E-state index in [-0.39, 0.29) is 0 Å². The molecule has 5 heteroatoms. The molecule has 0 aliphatic heterocycles. The maximum Gasteiger partial charge on any atom is 0.160 e. The molecule has 14 rings (SSSR count). The summed E-state index contributed by atoms with van der Waals surface area (Å²) in [6.45, 7) is 0. The summed E-state index contributed by atoms with van der Waals surface area (Å²) in [7, 11) is 0. The first-order valence-electron chi connectivity index (χ1n) is 23.4. The number of nitrogens with zero attached hydrogens (tertiary/aromatic N) is 4. The van der Waals surface area contributed by atoms with Gasteiger partial charge in [0, 0.05) is 60.4 Å². The molecule has 322 valence electrons. The van der Waals surface area contributed by atoms with Crippen LogP contribution in [0.3, 0.4) is 0 Å². The number of rotatable bonds is 7. The standard InChI is InChI=1S/C64H40N4O/c1-3-13-42(14-4-1)56-40-57(43-15-5-2-6-16-43)66-64(65-56)44-25-32-48(33-26-44)67-59-21-11-8-18-51(59)54-37-46(28-35-60(54)67)47-27-34-52-50-17-7-10-20-58(50)68(61(52)39-47)49-30-23-41(24-31-49)45-29-36-63-55(38-45)53-19-9-12-22-62(53)69-63/h1-40H. The minimum absolute atomic E-state index is 0.694. The molecule has 0 N–H and O–H groups in total. The van der Waals surface area contributed by atoms with Crippen LogP contribution >= 0.6 is 0 Å². The van der Waals surface area contributed by atoms with Crippen molar-refractivity contribution in [2.24, 2.45) is 0 Å². The van der Waals surface area contributed by atoms with E-state index in [1.807, 2.05) is 48.5 Å². The van der Waals surface area contributed by atoms with E-state index in [0.717, 1.165) is 83.6 Å². The molecule has 4 aromatic heterocycles. The lowest BCUT2D eigenvalue weighted by Crippen LogP contribution is -1.97. The van der Waals surface area contributed by atoms with Crippen LogP contribution in [0.4, 0.5) is 0 Å². The second-order valence-corrected chi connectivity index (χ2v) is 17.8. The maximum atomic E-state index is 6.13. The monoisotopic (exact) mass is 880 g/mol. The Morgan fingerprint density at radius 1 is 0.261 bits per heavy atom. The van der Waals surface area contributed by atoms with Gasteiger partial charge in [-0.1, -0.05) is 152 Å². The Balaban J connectivity index is 0.837. The van der Waals surface area contributed by atoms with E-state index >= 15 is 0 Å². The summed E-state index contributed by atoms with van der Waals surface area (Å²) in [5.41, 5.74) is 18.2. The molecule has 14 aromatic rings. The van der Waals surface area contributed by atoms with Gasteiger partial charge in [-0.15, -0.1) is 0 Å². The molecule has 0 aliphatic carbocycles. The molecule has 0 radical (unpaired) electrons. The number of hydrogen-bond donors (Lipinski definition) is 0. The molecule has 0 amide bonds. The molecule has 69 heavy (non-hydrogen) atoms. The third-order valence-corrected chi connectivity index (χ3v) is 13.8. The predicted octanol–water partition coefficient (Wildman–Crippen LogP) is 16.9. The van der Waals surface area contributed by atoms with Crippen molar-refractivity contribution in [2.45, 2.75) is 0 Å². The van der Waals surface area contributed by atoms with Gasteiger partial charge in [-0.3, -0.25) is 0 Å². The van der Waals surface area contributed by atoms with Crippen LogP contribution in [-0.4, -0.2) is 19.1 Å². The SMILES string of the molecule is c1ccc(-c2cc(-c3ccccc3)nc(-c3ccc(-n4c5ccccc5c5cc(-c6ccc7c8ccccc8n(-c8ccc(-c9ccc%10oc%11ccccc%11c%10c9)cc8)c7c6)ccc54)cc3)n2)cc1. The van der Waals surface area contributed by atoms with E-state index in [1.165, 1.54) is 43.7 Å². The average molecular weight is 881 g/mol. The number of benzene rings is 10. The van der Waals surface area contributed by atoms with Crippen LogP contribution in [0.5, 0.6) is 0 Å². The lowest BCUT2D eigenvalue weighted by Gasteiger charge is -2.12. The molecule has 0 saturated carbocycles. The number of furan rings is 1. The van der Waals surface area contributed by atoms with Crippen LogP contribution < -0.4 is 0 Å². The molecule has 0 spiro atoms. The van der Waals surface area contributed by atoms with Crippen molar-refractivity contribution in [1.82, 2.24) is 19.1 Å². The van der Waals surface area contributed by atoms with Gasteiger partial charge in [0.05, 0.1) is 33.5 Å². The van der Waals surface area contributed by atoms with Gasteiger partial charge in [-0.05, 0) is 113 Å². The summed E-state index contributed by atoms with van der Waals surface area (Å²) < 4.78 is 10.9. The number of hydrogen-bond acceptors (Lipinski definition) is 3. The number of fused-ring (bicyclic) bond motifs is 9. The summed E-state index contributed by atoms with van der Waals surface area (Å²) in [5, 5.41) is 7.14. The molecule has 0 unspecified atom stereocenters. The Morgan fingerprint density at radius 3 is 1.39 bits per heavy atom. The van der Waals surface area contributed by atoms with Gasteiger partial charge in [0.2, 0.25) is 0 Å². The Labute approximate surface area is 397 Å². The molecule has 4 heterocycles. The van der Waals surface area contributed by atoms with Crippen LogP contribution in [0.15, 0.2) is 247 Å².